The van der Waals surface area contributed by atoms with Gasteiger partial charge in [-0.3, -0.25) is 10.1 Å². The van der Waals surface area contributed by atoms with Crippen LogP contribution in [0.4, 0.5) is 11.4 Å². The molecule has 0 spiro atoms. The molecule has 0 saturated carbocycles. The van der Waals surface area contributed by atoms with E-state index in [0.29, 0.717) is 5.75 Å². The number of nitrogens with two attached hydrogens (primary N) is 1. The van der Waals surface area contributed by atoms with Crippen molar-refractivity contribution < 1.29 is 19.2 Å². The zero-order chi connectivity index (χ0) is 31.7. The third-order valence-corrected chi connectivity index (χ3v) is 7.70. The lowest BCUT2D eigenvalue weighted by Gasteiger charge is -2.16. The largest absolute Gasteiger partial charge is 0.484 e. The Morgan fingerprint density at radius 3 is 2.02 bits per heavy atom. The number of unbranched alkanes of at least 4 members (excludes halogenated alkanes) is 8. The number of aryl methyl sites for hydroxylation is 1. The molecule has 2 N–H and O–H groups in total. The van der Waals surface area contributed by atoms with Crippen LogP contribution in [-0.4, -0.2) is 17.0 Å². The van der Waals surface area contributed by atoms with E-state index < -0.39 is 10.9 Å². The normalized spacial score (nSPS) is 11.9. The first-order valence-corrected chi connectivity index (χ1v) is 16.1. The number of nitrogens with zero attached hydrogens (tertiary/aromatic N) is 1. The zero-order valence-electron chi connectivity index (χ0n) is 26.6. The number of ether oxygens (including phenoxy) is 2. The van der Waals surface area contributed by atoms with Gasteiger partial charge >= 0.3 is 11.7 Å². The van der Waals surface area contributed by atoms with E-state index in [0.717, 1.165) is 55.7 Å². The van der Waals surface area contributed by atoms with E-state index in [1.807, 2.05) is 31.2 Å². The Bertz CT molecular complexity index is 1350. The Hall–Kier alpha value is -4.13. The summed E-state index contributed by atoms with van der Waals surface area (Å²) in [6.07, 6.45) is 17.9. The van der Waals surface area contributed by atoms with Crippen molar-refractivity contribution in [3.8, 4) is 11.5 Å². The fourth-order valence-electron chi connectivity index (χ4n) is 5.04. The fraction of sp³-hybridized carbons (Fsp3) is 0.432. The first-order valence-electron chi connectivity index (χ1n) is 16.1. The molecule has 7 nitrogen and oxygen atoms in total. The number of hydrogen-bond donors (Lipinski definition) is 1. The van der Waals surface area contributed by atoms with Crippen LogP contribution < -0.4 is 15.2 Å². The second-order valence-corrected chi connectivity index (χ2v) is 11.5. The van der Waals surface area contributed by atoms with E-state index in [9.17, 15) is 14.9 Å². The summed E-state index contributed by atoms with van der Waals surface area (Å²) in [5.41, 5.74) is 9.21. The van der Waals surface area contributed by atoms with E-state index in [1.165, 1.54) is 50.2 Å². The number of carbonyl (C=O) groups excluding carboxylic acids is 1. The highest BCUT2D eigenvalue weighted by Crippen LogP contribution is 2.34. The molecule has 3 aromatic carbocycles. The number of nitro benzene ring substituents is 1. The lowest BCUT2D eigenvalue weighted by molar-refractivity contribution is -0.386. The van der Waals surface area contributed by atoms with Gasteiger partial charge < -0.3 is 15.2 Å². The summed E-state index contributed by atoms with van der Waals surface area (Å²) >= 11 is 0. The topological polar surface area (TPSA) is 105 Å². The van der Waals surface area contributed by atoms with Gasteiger partial charge in [-0.15, -0.1) is 0 Å². The minimum atomic E-state index is -0.769. The van der Waals surface area contributed by atoms with Crippen LogP contribution in [0.1, 0.15) is 118 Å². The number of benzene rings is 3. The smallest absolute Gasteiger partial charge is 0.345 e. The summed E-state index contributed by atoms with van der Waals surface area (Å²) in [5, 5.41) is 11.8. The molecule has 0 radical (unpaired) electrons. The van der Waals surface area contributed by atoms with Gasteiger partial charge in [0.05, 0.1) is 22.3 Å². The van der Waals surface area contributed by atoms with Gasteiger partial charge in [-0.2, -0.15) is 0 Å². The van der Waals surface area contributed by atoms with Crippen molar-refractivity contribution in [2.75, 3.05) is 5.73 Å². The highest BCUT2D eigenvalue weighted by molar-refractivity contribution is 5.97. The number of nitrogen functional groups attached to an aromatic ring is 1. The number of rotatable bonds is 19. The van der Waals surface area contributed by atoms with E-state index >= 15 is 0 Å². The molecule has 0 amide bonds. The molecule has 0 fully saturated rings. The standard InChI is InChI=1S/C37H48N2O5/c1-4-6-8-10-11-13-15-29-16-18-30(19-17-29)20-21-31-22-24-32(25-23-31)44-37(40)33-26-35(39(41)42)36(27-34(33)38)43-28(3)14-12-9-7-5-2/h16-28H,4-15,38H2,1-3H3. The van der Waals surface area contributed by atoms with Crippen molar-refractivity contribution >= 4 is 29.5 Å². The van der Waals surface area contributed by atoms with Crippen LogP contribution in [0.25, 0.3) is 12.2 Å². The minimum absolute atomic E-state index is 0.0515. The molecule has 1 atom stereocenters. The van der Waals surface area contributed by atoms with Crippen molar-refractivity contribution in [1.29, 1.82) is 0 Å². The number of nitro groups is 1. The average Bonchev–Trinajstić information content (AvgIpc) is 3.01. The Kier molecular flexibility index (Phi) is 14.5. The van der Waals surface area contributed by atoms with E-state index in [4.69, 9.17) is 15.2 Å². The third-order valence-electron chi connectivity index (χ3n) is 7.70. The molecule has 0 aromatic heterocycles. The average molecular weight is 601 g/mol. The van der Waals surface area contributed by atoms with Crippen molar-refractivity contribution in [3.63, 3.8) is 0 Å². The van der Waals surface area contributed by atoms with Gasteiger partial charge in [-0.1, -0.05) is 114 Å². The molecule has 7 heteroatoms. The summed E-state index contributed by atoms with van der Waals surface area (Å²) in [6.45, 7) is 6.26. The molecule has 1 unspecified atom stereocenters. The second-order valence-electron chi connectivity index (χ2n) is 11.5. The third kappa shape index (κ3) is 11.5. The van der Waals surface area contributed by atoms with E-state index in [-0.39, 0.29) is 28.8 Å². The highest BCUT2D eigenvalue weighted by atomic mass is 16.6. The van der Waals surface area contributed by atoms with Gasteiger partial charge in [-0.25, -0.2) is 4.79 Å². The number of anilines is 1. The van der Waals surface area contributed by atoms with E-state index in [2.05, 4.69) is 38.1 Å². The summed E-state index contributed by atoms with van der Waals surface area (Å²) in [6, 6.07) is 18.2. The predicted molar refractivity (Wildman–Crippen MR) is 180 cm³/mol. The molecule has 0 saturated heterocycles. The summed E-state index contributed by atoms with van der Waals surface area (Å²) in [5.74, 6) is -0.404. The Morgan fingerprint density at radius 1 is 0.841 bits per heavy atom. The van der Waals surface area contributed by atoms with Crippen LogP contribution in [0.3, 0.4) is 0 Å². The molecule has 3 aromatic rings. The molecule has 44 heavy (non-hydrogen) atoms. The van der Waals surface area contributed by atoms with Gasteiger partial charge in [0.2, 0.25) is 0 Å². The van der Waals surface area contributed by atoms with Crippen LogP contribution >= 0.6 is 0 Å². The molecule has 3 rings (SSSR count). The molecule has 236 valence electrons. The van der Waals surface area contributed by atoms with Gasteiger partial charge in [0.15, 0.2) is 5.75 Å². The lowest BCUT2D eigenvalue weighted by Crippen LogP contribution is -2.15. The summed E-state index contributed by atoms with van der Waals surface area (Å²) in [4.78, 5) is 24.1. The van der Waals surface area contributed by atoms with Crippen molar-refractivity contribution in [2.24, 2.45) is 0 Å². The number of esters is 1. The maximum absolute atomic E-state index is 12.9. The van der Waals surface area contributed by atoms with Gasteiger partial charge in [0, 0.05) is 12.1 Å². The number of carbonyl (C=O) groups is 1. The maximum Gasteiger partial charge on any atom is 0.345 e. The molecule has 0 aliphatic rings. The first kappa shape index (κ1) is 34.4. The lowest BCUT2D eigenvalue weighted by atomic mass is 10.0. The van der Waals surface area contributed by atoms with Crippen molar-refractivity contribution in [2.45, 2.75) is 104 Å². The van der Waals surface area contributed by atoms with Crippen LogP contribution in [0.5, 0.6) is 11.5 Å². The van der Waals surface area contributed by atoms with Crippen LogP contribution in [-0.2, 0) is 6.42 Å². The summed E-state index contributed by atoms with van der Waals surface area (Å²) in [7, 11) is 0. The van der Waals surface area contributed by atoms with Crippen molar-refractivity contribution in [3.05, 3.63) is 93.0 Å². The zero-order valence-corrected chi connectivity index (χ0v) is 26.6. The van der Waals surface area contributed by atoms with E-state index in [1.54, 1.807) is 12.1 Å². The quantitative estimate of drug-likeness (QED) is 0.0279. The van der Waals surface area contributed by atoms with Crippen LogP contribution in [0.2, 0.25) is 0 Å². The maximum atomic E-state index is 12.9. The molecule has 0 bridgehead atoms. The van der Waals surface area contributed by atoms with Crippen LogP contribution in [0, 0.1) is 10.1 Å². The molecular weight excluding hydrogens is 552 g/mol. The van der Waals surface area contributed by atoms with Crippen molar-refractivity contribution in [1.82, 2.24) is 0 Å². The van der Waals surface area contributed by atoms with Gasteiger partial charge in [0.1, 0.15) is 5.75 Å². The number of hydrogen-bond acceptors (Lipinski definition) is 6. The highest BCUT2D eigenvalue weighted by Gasteiger charge is 2.24. The molecule has 0 heterocycles. The predicted octanol–water partition coefficient (Wildman–Crippen LogP) is 10.2. The Labute approximate surface area is 262 Å². The Morgan fingerprint density at radius 2 is 1.41 bits per heavy atom. The van der Waals surface area contributed by atoms with Gasteiger partial charge in [0.25, 0.3) is 0 Å². The monoisotopic (exact) mass is 600 g/mol. The minimum Gasteiger partial charge on any atom is -0.484 e. The SMILES string of the molecule is CCCCCCCCc1ccc(C=Cc2ccc(OC(=O)c3cc([N+](=O)[O-])c(OC(C)CCCCCC)cc3N)cc2)cc1. The van der Waals surface area contributed by atoms with Gasteiger partial charge in [-0.05, 0) is 61.4 Å². The van der Waals surface area contributed by atoms with Crippen LogP contribution in [0.15, 0.2) is 60.7 Å². The second kappa shape index (κ2) is 18.5. The Balaban J connectivity index is 1.56. The fourth-order valence-corrected chi connectivity index (χ4v) is 5.04. The first-order chi connectivity index (χ1) is 21.3. The molecule has 0 aliphatic heterocycles. The summed E-state index contributed by atoms with van der Waals surface area (Å²) < 4.78 is 11.3. The molecule has 0 aliphatic carbocycles. The molecular formula is C37H48N2O5.